The highest BCUT2D eigenvalue weighted by Gasteiger charge is 2.27. The SMILES string of the molecule is COC(=O)CC[C@H](NC(=O)c1ccc(CCC2CNc3nc(NC(=O)C(C)(C)C)nc(O)c3C2)cc1Cl)C(=O)OC. The number of aromatic nitrogens is 2. The third-order valence-electron chi connectivity index (χ3n) is 6.72. The summed E-state index contributed by atoms with van der Waals surface area (Å²) in [5.41, 5.74) is 1.06. The molecule has 2 aromatic rings. The van der Waals surface area contributed by atoms with Crippen molar-refractivity contribution < 1.29 is 33.8 Å². The van der Waals surface area contributed by atoms with Crippen molar-refractivity contribution >= 4 is 47.1 Å². The van der Waals surface area contributed by atoms with Crippen molar-refractivity contribution in [3.8, 4) is 5.88 Å². The van der Waals surface area contributed by atoms with E-state index >= 15 is 0 Å². The van der Waals surface area contributed by atoms with Crippen molar-refractivity contribution in [3.05, 3.63) is 39.9 Å². The zero-order valence-corrected chi connectivity index (χ0v) is 24.6. The number of anilines is 2. The number of amides is 2. The number of halogens is 1. The minimum Gasteiger partial charge on any atom is -0.493 e. The van der Waals surface area contributed by atoms with E-state index in [0.29, 0.717) is 30.8 Å². The summed E-state index contributed by atoms with van der Waals surface area (Å²) >= 11 is 6.42. The smallest absolute Gasteiger partial charge is 0.328 e. The van der Waals surface area contributed by atoms with E-state index in [9.17, 15) is 24.3 Å². The highest BCUT2D eigenvalue weighted by atomic mass is 35.5. The van der Waals surface area contributed by atoms with Gasteiger partial charge in [-0.05, 0) is 49.3 Å². The molecule has 3 rings (SSSR count). The molecule has 1 aliphatic heterocycles. The number of fused-ring (bicyclic) bond motifs is 1. The molecule has 0 spiro atoms. The Labute approximate surface area is 243 Å². The maximum atomic E-state index is 12.8. The van der Waals surface area contributed by atoms with E-state index in [1.165, 1.54) is 14.2 Å². The van der Waals surface area contributed by atoms with Gasteiger partial charge >= 0.3 is 11.9 Å². The summed E-state index contributed by atoms with van der Waals surface area (Å²) in [6.45, 7) is 5.94. The van der Waals surface area contributed by atoms with Crippen LogP contribution in [0.2, 0.25) is 5.02 Å². The molecule has 0 fully saturated rings. The Bertz CT molecular complexity index is 1310. The number of hydrogen-bond acceptors (Lipinski definition) is 10. The Balaban J connectivity index is 1.60. The van der Waals surface area contributed by atoms with Crippen LogP contribution >= 0.6 is 11.6 Å². The van der Waals surface area contributed by atoms with Gasteiger partial charge in [0.15, 0.2) is 0 Å². The van der Waals surface area contributed by atoms with E-state index in [4.69, 9.17) is 16.3 Å². The minimum atomic E-state index is -1.03. The van der Waals surface area contributed by atoms with Gasteiger partial charge in [-0.25, -0.2) is 4.79 Å². The van der Waals surface area contributed by atoms with Crippen LogP contribution in [0.25, 0.3) is 0 Å². The Morgan fingerprint density at radius 2 is 1.90 bits per heavy atom. The topological polar surface area (TPSA) is 169 Å². The number of hydrogen-bond donors (Lipinski definition) is 4. The monoisotopic (exact) mass is 589 g/mol. The third-order valence-corrected chi connectivity index (χ3v) is 7.03. The summed E-state index contributed by atoms with van der Waals surface area (Å²) in [5.74, 6) is -1.47. The van der Waals surface area contributed by atoms with Gasteiger partial charge in [-0.15, -0.1) is 0 Å². The molecule has 4 N–H and O–H groups in total. The number of carbonyl (C=O) groups excluding carboxylic acids is 4. The standard InChI is InChI=1S/C28H36ClN5O7/c1-28(2,3)26(39)34-27-32-22-18(24(37)33-27)12-16(14-30-22)7-6-15-8-9-17(19(29)13-15)23(36)31-20(25(38)41-5)10-11-21(35)40-4/h8-9,13,16,20H,6-7,10-12,14H2,1-5H3,(H,31,36)(H3,30,32,33,34,37,39)/t16?,20-/m0/s1. The van der Waals surface area contributed by atoms with Crippen LogP contribution in [0.4, 0.5) is 11.8 Å². The Hall–Kier alpha value is -3.93. The first kappa shape index (κ1) is 31.6. The fourth-order valence-corrected chi connectivity index (χ4v) is 4.51. The van der Waals surface area contributed by atoms with Gasteiger partial charge in [0.05, 0.1) is 30.4 Å². The molecule has 0 saturated heterocycles. The van der Waals surface area contributed by atoms with Gasteiger partial charge in [0, 0.05) is 18.4 Å². The predicted molar refractivity (Wildman–Crippen MR) is 152 cm³/mol. The van der Waals surface area contributed by atoms with E-state index in [1.807, 2.05) is 0 Å². The number of aromatic hydroxyl groups is 1. The summed E-state index contributed by atoms with van der Waals surface area (Å²) in [6.07, 6.45) is 1.93. The highest BCUT2D eigenvalue weighted by Crippen LogP contribution is 2.32. The zero-order chi connectivity index (χ0) is 30.3. The van der Waals surface area contributed by atoms with Gasteiger partial charge in [-0.1, -0.05) is 38.4 Å². The van der Waals surface area contributed by atoms with E-state index in [0.717, 1.165) is 12.0 Å². The van der Waals surface area contributed by atoms with Crippen LogP contribution in [-0.2, 0) is 36.7 Å². The number of rotatable bonds is 10. The van der Waals surface area contributed by atoms with Gasteiger partial charge in [-0.3, -0.25) is 19.7 Å². The second kappa shape index (κ2) is 13.6. The first-order valence-electron chi connectivity index (χ1n) is 13.2. The van der Waals surface area contributed by atoms with Crippen LogP contribution in [0.3, 0.4) is 0 Å². The number of ether oxygens (including phenoxy) is 2. The van der Waals surface area contributed by atoms with Crippen LogP contribution in [0, 0.1) is 11.3 Å². The van der Waals surface area contributed by atoms with Crippen molar-refractivity contribution in [1.82, 2.24) is 15.3 Å². The van der Waals surface area contributed by atoms with Gasteiger partial charge in [0.25, 0.3) is 5.91 Å². The molecule has 1 aliphatic rings. The van der Waals surface area contributed by atoms with Crippen molar-refractivity contribution in [1.29, 1.82) is 0 Å². The van der Waals surface area contributed by atoms with Crippen LogP contribution in [0.15, 0.2) is 18.2 Å². The van der Waals surface area contributed by atoms with Crippen LogP contribution in [0.1, 0.15) is 61.5 Å². The van der Waals surface area contributed by atoms with Crippen molar-refractivity contribution in [3.63, 3.8) is 0 Å². The summed E-state index contributed by atoms with van der Waals surface area (Å²) in [7, 11) is 2.44. The molecule has 1 unspecified atom stereocenters. The number of benzene rings is 1. The molecule has 41 heavy (non-hydrogen) atoms. The van der Waals surface area contributed by atoms with Crippen molar-refractivity contribution in [2.45, 2.75) is 58.9 Å². The molecule has 1 aromatic heterocycles. The lowest BCUT2D eigenvalue weighted by molar-refractivity contribution is -0.144. The van der Waals surface area contributed by atoms with E-state index in [1.54, 1.807) is 39.0 Å². The maximum Gasteiger partial charge on any atom is 0.328 e. The van der Waals surface area contributed by atoms with Crippen LogP contribution in [-0.4, -0.2) is 65.6 Å². The van der Waals surface area contributed by atoms with Gasteiger partial charge in [-0.2, -0.15) is 9.97 Å². The summed E-state index contributed by atoms with van der Waals surface area (Å²) < 4.78 is 9.32. The first-order valence-corrected chi connectivity index (χ1v) is 13.6. The fourth-order valence-electron chi connectivity index (χ4n) is 4.22. The molecule has 222 valence electrons. The lowest BCUT2D eigenvalue weighted by atomic mass is 9.90. The third kappa shape index (κ3) is 8.53. The van der Waals surface area contributed by atoms with Gasteiger partial charge in [0.1, 0.15) is 11.9 Å². The largest absolute Gasteiger partial charge is 0.493 e. The van der Waals surface area contributed by atoms with Crippen LogP contribution < -0.4 is 16.0 Å². The zero-order valence-electron chi connectivity index (χ0n) is 23.8. The second-order valence-corrected chi connectivity index (χ2v) is 11.3. The molecular weight excluding hydrogens is 554 g/mol. The van der Waals surface area contributed by atoms with E-state index < -0.39 is 29.3 Å². The Morgan fingerprint density at radius 3 is 2.54 bits per heavy atom. The predicted octanol–water partition coefficient (Wildman–Crippen LogP) is 3.26. The number of carbonyl (C=O) groups is 4. The number of esters is 2. The highest BCUT2D eigenvalue weighted by molar-refractivity contribution is 6.34. The maximum absolute atomic E-state index is 12.8. The summed E-state index contributed by atoms with van der Waals surface area (Å²) in [5, 5.41) is 19.2. The molecule has 12 nitrogen and oxygen atoms in total. The Kier molecular flexibility index (Phi) is 10.5. The molecular formula is C28H36ClN5O7. The van der Waals surface area contributed by atoms with Crippen molar-refractivity contribution in [2.24, 2.45) is 11.3 Å². The molecule has 2 heterocycles. The first-order chi connectivity index (χ1) is 19.3. The van der Waals surface area contributed by atoms with Crippen LogP contribution in [0.5, 0.6) is 5.88 Å². The number of methoxy groups -OCH3 is 2. The van der Waals surface area contributed by atoms with Crippen molar-refractivity contribution in [2.75, 3.05) is 31.4 Å². The normalized spacial score (nSPS) is 15.1. The lowest BCUT2D eigenvalue weighted by Gasteiger charge is -2.26. The summed E-state index contributed by atoms with van der Waals surface area (Å²) in [6, 6.07) is 4.04. The average Bonchev–Trinajstić information content (AvgIpc) is 2.93. The van der Waals surface area contributed by atoms with Gasteiger partial charge in [0.2, 0.25) is 17.7 Å². The quantitative estimate of drug-likeness (QED) is 0.302. The summed E-state index contributed by atoms with van der Waals surface area (Å²) in [4.78, 5) is 57.0. The molecule has 0 saturated carbocycles. The molecule has 2 amide bonds. The fraction of sp³-hybridized carbons (Fsp3) is 0.500. The number of aryl methyl sites for hydroxylation is 1. The molecule has 0 radical (unpaired) electrons. The number of nitrogens with zero attached hydrogens (tertiary/aromatic N) is 2. The molecule has 0 bridgehead atoms. The molecule has 0 aliphatic carbocycles. The molecule has 13 heteroatoms. The number of nitrogens with one attached hydrogen (secondary N) is 3. The minimum absolute atomic E-state index is 0.0206. The molecule has 2 atom stereocenters. The van der Waals surface area contributed by atoms with E-state index in [-0.39, 0.29) is 47.1 Å². The molecule has 1 aromatic carbocycles. The second-order valence-electron chi connectivity index (χ2n) is 10.9. The van der Waals surface area contributed by atoms with Gasteiger partial charge < -0.3 is 25.2 Å². The Morgan fingerprint density at radius 1 is 1.17 bits per heavy atom. The average molecular weight is 590 g/mol. The van der Waals surface area contributed by atoms with E-state index in [2.05, 4.69) is 30.7 Å². The lowest BCUT2D eigenvalue weighted by Crippen LogP contribution is -2.42.